The van der Waals surface area contributed by atoms with Crippen molar-refractivity contribution >= 4 is 6.21 Å². The van der Waals surface area contributed by atoms with E-state index in [9.17, 15) is 10.2 Å². The van der Waals surface area contributed by atoms with Gasteiger partial charge < -0.3 is 19.8 Å². The molecule has 0 bridgehead atoms. The van der Waals surface area contributed by atoms with Crippen LogP contribution in [0.15, 0.2) is 65.9 Å². The van der Waals surface area contributed by atoms with Crippen LogP contribution >= 0.6 is 0 Å². The third-order valence-electron chi connectivity index (χ3n) is 4.19. The van der Waals surface area contributed by atoms with E-state index in [1.807, 2.05) is 54.6 Å². The zero-order valence-corrected chi connectivity index (χ0v) is 15.6. The molecule has 2 aromatic carbocycles. The van der Waals surface area contributed by atoms with Crippen LogP contribution in [-0.4, -0.2) is 21.4 Å². The molecule has 0 radical (unpaired) electrons. The Hall–Kier alpha value is -3.38. The number of aliphatic hydroxyl groups is 1. The Bertz CT molecular complexity index is 925. The van der Waals surface area contributed by atoms with E-state index in [4.69, 9.17) is 9.57 Å². The van der Waals surface area contributed by atoms with Gasteiger partial charge in [-0.3, -0.25) is 4.98 Å². The van der Waals surface area contributed by atoms with Gasteiger partial charge >= 0.3 is 0 Å². The molecule has 0 unspecified atom stereocenters. The fourth-order valence-corrected chi connectivity index (χ4v) is 2.55. The second-order valence-electron chi connectivity index (χ2n) is 6.22. The zero-order chi connectivity index (χ0) is 19.8. The molecule has 28 heavy (non-hydrogen) atoms. The molecule has 6 heteroatoms. The average molecular weight is 378 g/mol. The van der Waals surface area contributed by atoms with Crippen molar-refractivity contribution < 1.29 is 19.8 Å². The topological polar surface area (TPSA) is 84.2 Å². The first-order valence-electron chi connectivity index (χ1n) is 8.86. The molecule has 2 N–H and O–H groups in total. The van der Waals surface area contributed by atoms with Crippen molar-refractivity contribution in [2.45, 2.75) is 26.7 Å². The first-order valence-corrected chi connectivity index (χ1v) is 8.86. The number of aryl methyl sites for hydroxylation is 1. The molecule has 3 aromatic rings. The first kappa shape index (κ1) is 19.4. The van der Waals surface area contributed by atoms with Crippen LogP contribution < -0.4 is 4.74 Å². The second kappa shape index (κ2) is 9.53. The van der Waals surface area contributed by atoms with E-state index in [1.165, 1.54) is 12.4 Å². The Balaban J connectivity index is 1.53. The number of hydrogen-bond acceptors (Lipinski definition) is 6. The van der Waals surface area contributed by atoms with Gasteiger partial charge in [0.1, 0.15) is 24.7 Å². The van der Waals surface area contributed by atoms with Crippen molar-refractivity contribution in [2.75, 3.05) is 0 Å². The Labute approximate surface area is 163 Å². The molecule has 3 rings (SSSR count). The predicted molar refractivity (Wildman–Crippen MR) is 106 cm³/mol. The van der Waals surface area contributed by atoms with Gasteiger partial charge in [-0.25, -0.2) is 0 Å². The summed E-state index contributed by atoms with van der Waals surface area (Å²) < 4.78 is 5.75. The lowest BCUT2D eigenvalue weighted by atomic mass is 10.1. The minimum atomic E-state index is -0.243. The smallest absolute Gasteiger partial charge is 0.146 e. The molecule has 0 aliphatic carbocycles. The summed E-state index contributed by atoms with van der Waals surface area (Å²) in [6.45, 7) is 2.22. The summed E-state index contributed by atoms with van der Waals surface area (Å²) in [6, 6.07) is 17.6. The zero-order valence-electron chi connectivity index (χ0n) is 15.6. The van der Waals surface area contributed by atoms with Crippen LogP contribution in [0, 0.1) is 6.92 Å². The van der Waals surface area contributed by atoms with Crippen LogP contribution in [0.2, 0.25) is 0 Å². The summed E-state index contributed by atoms with van der Waals surface area (Å²) in [7, 11) is 0. The maximum atomic E-state index is 10.1. The standard InChI is InChI=1S/C22H22N2O4/c1-16-22(26)21(19(13-25)11-23-16)12-24-28-15-18-7-9-20(10-8-18)27-14-17-5-3-2-4-6-17/h2-12,25-26H,13-15H2,1H3/b24-12+. The fourth-order valence-electron chi connectivity index (χ4n) is 2.55. The molecular weight excluding hydrogens is 356 g/mol. The molecule has 0 spiro atoms. The minimum Gasteiger partial charge on any atom is -0.505 e. The third kappa shape index (κ3) is 5.08. The summed E-state index contributed by atoms with van der Waals surface area (Å²) in [5.41, 5.74) is 3.39. The van der Waals surface area contributed by atoms with E-state index in [2.05, 4.69) is 10.1 Å². The lowest BCUT2D eigenvalue weighted by Gasteiger charge is -2.08. The molecule has 144 valence electrons. The second-order valence-corrected chi connectivity index (χ2v) is 6.22. The predicted octanol–water partition coefficient (Wildman–Crippen LogP) is 3.72. The van der Waals surface area contributed by atoms with Gasteiger partial charge in [0.25, 0.3) is 0 Å². The van der Waals surface area contributed by atoms with E-state index in [1.54, 1.807) is 6.92 Å². The highest BCUT2D eigenvalue weighted by atomic mass is 16.6. The molecule has 6 nitrogen and oxygen atoms in total. The largest absolute Gasteiger partial charge is 0.505 e. The van der Waals surface area contributed by atoms with Gasteiger partial charge in [-0.2, -0.15) is 0 Å². The number of aromatic hydroxyl groups is 1. The minimum absolute atomic E-state index is 0.0150. The molecule has 1 heterocycles. The van der Waals surface area contributed by atoms with Gasteiger partial charge in [0.15, 0.2) is 0 Å². The first-order chi connectivity index (χ1) is 13.7. The number of pyridine rings is 1. The molecule has 0 fully saturated rings. The highest BCUT2D eigenvalue weighted by Crippen LogP contribution is 2.22. The summed E-state index contributed by atoms with van der Waals surface area (Å²) >= 11 is 0. The SMILES string of the molecule is Cc1ncc(CO)c(/C=N/OCc2ccc(OCc3ccccc3)cc2)c1O. The molecule has 0 saturated carbocycles. The number of ether oxygens (including phenoxy) is 1. The van der Waals surface area contributed by atoms with E-state index in [-0.39, 0.29) is 19.0 Å². The van der Waals surface area contributed by atoms with Crippen LogP contribution in [0.4, 0.5) is 0 Å². The highest BCUT2D eigenvalue weighted by Gasteiger charge is 2.09. The van der Waals surface area contributed by atoms with Gasteiger partial charge in [-0.05, 0) is 30.2 Å². The van der Waals surface area contributed by atoms with E-state index in [0.29, 0.717) is 23.4 Å². The Kier molecular flexibility index (Phi) is 6.59. The molecule has 0 atom stereocenters. The molecule has 0 amide bonds. The molecule has 1 aromatic heterocycles. The van der Waals surface area contributed by atoms with Crippen LogP contribution in [-0.2, 0) is 24.7 Å². The fraction of sp³-hybridized carbons (Fsp3) is 0.182. The van der Waals surface area contributed by atoms with Gasteiger partial charge in [0, 0.05) is 17.3 Å². The van der Waals surface area contributed by atoms with Gasteiger partial charge in [0.2, 0.25) is 0 Å². The van der Waals surface area contributed by atoms with Crippen LogP contribution in [0.1, 0.15) is 27.9 Å². The summed E-state index contributed by atoms with van der Waals surface area (Å²) in [6.07, 6.45) is 2.89. The van der Waals surface area contributed by atoms with Crippen molar-refractivity contribution in [1.82, 2.24) is 4.98 Å². The lowest BCUT2D eigenvalue weighted by molar-refractivity contribution is 0.132. The number of nitrogens with zero attached hydrogens (tertiary/aromatic N) is 2. The number of benzene rings is 2. The quantitative estimate of drug-likeness (QED) is 0.461. The van der Waals surface area contributed by atoms with Crippen molar-refractivity contribution in [3.05, 3.63) is 88.7 Å². The van der Waals surface area contributed by atoms with Gasteiger partial charge in [0.05, 0.1) is 18.5 Å². The number of aliphatic hydroxyl groups excluding tert-OH is 1. The number of rotatable bonds is 8. The molecule has 0 saturated heterocycles. The molecule has 0 aliphatic rings. The van der Waals surface area contributed by atoms with Crippen LogP contribution in [0.25, 0.3) is 0 Å². The highest BCUT2D eigenvalue weighted by molar-refractivity contribution is 5.85. The Morgan fingerprint density at radius 1 is 1.00 bits per heavy atom. The lowest BCUT2D eigenvalue weighted by Crippen LogP contribution is -1.98. The molecule has 0 aliphatic heterocycles. The Morgan fingerprint density at radius 3 is 2.43 bits per heavy atom. The average Bonchev–Trinajstić information content (AvgIpc) is 2.74. The Morgan fingerprint density at radius 2 is 1.71 bits per heavy atom. The number of hydrogen-bond donors (Lipinski definition) is 2. The normalized spacial score (nSPS) is 10.9. The number of oxime groups is 1. The van der Waals surface area contributed by atoms with E-state index < -0.39 is 0 Å². The van der Waals surface area contributed by atoms with Crippen LogP contribution in [0.5, 0.6) is 11.5 Å². The summed E-state index contributed by atoms with van der Waals surface area (Å²) in [4.78, 5) is 9.31. The summed E-state index contributed by atoms with van der Waals surface area (Å²) in [5.74, 6) is 0.764. The molecular formula is C22H22N2O4. The number of aromatic nitrogens is 1. The van der Waals surface area contributed by atoms with Crippen LogP contribution in [0.3, 0.4) is 0 Å². The maximum absolute atomic E-state index is 10.1. The summed E-state index contributed by atoms with van der Waals surface area (Å²) in [5, 5.41) is 23.3. The van der Waals surface area contributed by atoms with Crippen molar-refractivity contribution in [2.24, 2.45) is 5.16 Å². The van der Waals surface area contributed by atoms with Crippen molar-refractivity contribution in [3.63, 3.8) is 0 Å². The van der Waals surface area contributed by atoms with E-state index in [0.717, 1.165) is 16.9 Å². The van der Waals surface area contributed by atoms with Gasteiger partial charge in [-0.1, -0.05) is 47.6 Å². The van der Waals surface area contributed by atoms with Crippen molar-refractivity contribution in [3.8, 4) is 11.5 Å². The maximum Gasteiger partial charge on any atom is 0.146 e. The monoisotopic (exact) mass is 378 g/mol. The van der Waals surface area contributed by atoms with Crippen molar-refractivity contribution in [1.29, 1.82) is 0 Å². The van der Waals surface area contributed by atoms with Gasteiger partial charge in [-0.15, -0.1) is 0 Å². The van der Waals surface area contributed by atoms with E-state index >= 15 is 0 Å². The third-order valence-corrected chi connectivity index (χ3v) is 4.19.